The largest absolute Gasteiger partial charge is 0.509 e. The van der Waals surface area contributed by atoms with Gasteiger partial charge in [-0.25, -0.2) is 14.4 Å². The highest BCUT2D eigenvalue weighted by molar-refractivity contribution is 5.80. The molecule has 2 rings (SSSR count). The fourth-order valence-electron chi connectivity index (χ4n) is 2.10. The van der Waals surface area contributed by atoms with Crippen LogP contribution in [0.1, 0.15) is 38.5 Å². The van der Waals surface area contributed by atoms with Crippen molar-refractivity contribution in [2.45, 2.75) is 50.7 Å². The van der Waals surface area contributed by atoms with Gasteiger partial charge in [0.1, 0.15) is 0 Å². The highest BCUT2D eigenvalue weighted by Crippen LogP contribution is 2.16. The molecule has 0 aromatic rings. The number of carbonyl (C=O) groups excluding carboxylic acids is 3. The molecule has 7 heteroatoms. The maximum atomic E-state index is 11.6. The lowest BCUT2D eigenvalue weighted by Crippen LogP contribution is -2.32. The van der Waals surface area contributed by atoms with Gasteiger partial charge in [0.2, 0.25) is 12.2 Å². The van der Waals surface area contributed by atoms with E-state index in [1.54, 1.807) is 0 Å². The lowest BCUT2D eigenvalue weighted by molar-refractivity contribution is -0.158. The highest BCUT2D eigenvalue weighted by atomic mass is 16.7. The Labute approximate surface area is 116 Å². The molecule has 2 atom stereocenters. The quantitative estimate of drug-likeness (QED) is 0.559. The van der Waals surface area contributed by atoms with E-state index in [4.69, 9.17) is 18.9 Å². The Morgan fingerprint density at radius 1 is 0.850 bits per heavy atom. The second-order valence-corrected chi connectivity index (χ2v) is 4.79. The molecule has 2 heterocycles. The first-order valence-electron chi connectivity index (χ1n) is 6.87. The van der Waals surface area contributed by atoms with Crippen LogP contribution in [0.25, 0.3) is 0 Å². The zero-order valence-corrected chi connectivity index (χ0v) is 11.2. The number of esters is 2. The van der Waals surface area contributed by atoms with Gasteiger partial charge in [-0.2, -0.15) is 0 Å². The number of carbonyl (C=O) groups is 3. The fourth-order valence-corrected chi connectivity index (χ4v) is 2.10. The van der Waals surface area contributed by atoms with Gasteiger partial charge in [0.25, 0.3) is 0 Å². The van der Waals surface area contributed by atoms with Gasteiger partial charge in [0.05, 0.1) is 13.2 Å². The van der Waals surface area contributed by atoms with Gasteiger partial charge in [-0.15, -0.1) is 0 Å². The minimum absolute atomic E-state index is 0.336. The third-order valence-corrected chi connectivity index (χ3v) is 3.21. The number of cyclic esters (lactones) is 2. The molecule has 112 valence electrons. The van der Waals surface area contributed by atoms with Crippen molar-refractivity contribution in [2.24, 2.45) is 0 Å². The Kier molecular flexibility index (Phi) is 5.20. The molecule has 0 saturated carbocycles. The fraction of sp³-hybridized carbons (Fsp3) is 0.769. The molecular formula is C13H18O7. The van der Waals surface area contributed by atoms with Crippen LogP contribution in [0.5, 0.6) is 0 Å². The molecule has 0 aliphatic carbocycles. The molecule has 0 aromatic carbocycles. The maximum absolute atomic E-state index is 11.6. The van der Waals surface area contributed by atoms with Gasteiger partial charge >= 0.3 is 18.1 Å². The summed E-state index contributed by atoms with van der Waals surface area (Å²) in [4.78, 5) is 34.7. The summed E-state index contributed by atoms with van der Waals surface area (Å²) in [6.07, 6.45) is 0.831. The van der Waals surface area contributed by atoms with Crippen LogP contribution in [0.3, 0.4) is 0 Å². The van der Waals surface area contributed by atoms with Crippen LogP contribution in [0, 0.1) is 0 Å². The summed E-state index contributed by atoms with van der Waals surface area (Å²) in [5.41, 5.74) is 0. The summed E-state index contributed by atoms with van der Waals surface area (Å²) in [6, 6.07) is 0. The third-order valence-electron chi connectivity index (χ3n) is 3.21. The lowest BCUT2D eigenvalue weighted by atomic mass is 10.2. The van der Waals surface area contributed by atoms with E-state index in [9.17, 15) is 14.4 Å². The van der Waals surface area contributed by atoms with Gasteiger partial charge in [-0.05, 0) is 38.5 Å². The van der Waals surface area contributed by atoms with Crippen molar-refractivity contribution < 1.29 is 33.3 Å². The van der Waals surface area contributed by atoms with Crippen LogP contribution in [0.2, 0.25) is 0 Å². The molecule has 0 N–H and O–H groups in total. The Balaban J connectivity index is 1.84. The van der Waals surface area contributed by atoms with Crippen molar-refractivity contribution in [3.05, 3.63) is 0 Å². The van der Waals surface area contributed by atoms with Crippen molar-refractivity contribution >= 4 is 18.1 Å². The Morgan fingerprint density at radius 3 is 1.75 bits per heavy atom. The average Bonchev–Trinajstić information content (AvgIpc) is 2.73. The van der Waals surface area contributed by atoms with Crippen LogP contribution in [-0.2, 0) is 28.5 Å². The number of rotatable bonds is 2. The first kappa shape index (κ1) is 14.6. The van der Waals surface area contributed by atoms with Crippen LogP contribution in [0.15, 0.2) is 0 Å². The Morgan fingerprint density at radius 2 is 1.30 bits per heavy atom. The molecule has 0 spiro atoms. The first-order chi connectivity index (χ1) is 9.66. The molecule has 20 heavy (non-hydrogen) atoms. The smallest absolute Gasteiger partial charge is 0.463 e. The van der Waals surface area contributed by atoms with E-state index in [0.717, 1.165) is 25.7 Å². The summed E-state index contributed by atoms with van der Waals surface area (Å²) in [5.74, 6) is -1.13. The predicted octanol–water partition coefficient (Wildman–Crippen LogP) is 1.33. The van der Waals surface area contributed by atoms with E-state index in [1.807, 2.05) is 0 Å². The minimum atomic E-state index is -1.03. The van der Waals surface area contributed by atoms with E-state index < -0.39 is 30.3 Å². The van der Waals surface area contributed by atoms with Crippen LogP contribution in [0.4, 0.5) is 4.79 Å². The molecule has 2 aliphatic rings. The van der Waals surface area contributed by atoms with Gasteiger partial charge < -0.3 is 18.9 Å². The number of hydrogen-bond acceptors (Lipinski definition) is 7. The van der Waals surface area contributed by atoms with E-state index in [0.29, 0.717) is 26.1 Å². The van der Waals surface area contributed by atoms with Crippen LogP contribution in [-0.4, -0.2) is 43.5 Å². The normalized spacial score (nSPS) is 27.6. The van der Waals surface area contributed by atoms with Gasteiger partial charge in [-0.1, -0.05) is 0 Å². The van der Waals surface area contributed by atoms with Crippen molar-refractivity contribution in [3.63, 3.8) is 0 Å². The maximum Gasteiger partial charge on any atom is 0.509 e. The highest BCUT2D eigenvalue weighted by Gasteiger charge is 2.31. The number of hydrogen-bond donors (Lipinski definition) is 0. The van der Waals surface area contributed by atoms with Crippen molar-refractivity contribution in [1.29, 1.82) is 0 Å². The van der Waals surface area contributed by atoms with Gasteiger partial charge in [0, 0.05) is 0 Å². The molecule has 0 amide bonds. The zero-order valence-electron chi connectivity index (χ0n) is 11.2. The SMILES string of the molecule is O=C(OC1CCCCOC1=O)OC1CCCCOC1=O. The predicted molar refractivity (Wildman–Crippen MR) is 64.8 cm³/mol. The molecule has 0 bridgehead atoms. The van der Waals surface area contributed by atoms with Gasteiger partial charge in [0.15, 0.2) is 0 Å². The lowest BCUT2D eigenvalue weighted by Gasteiger charge is -2.16. The third kappa shape index (κ3) is 4.11. The topological polar surface area (TPSA) is 88.1 Å². The molecule has 0 aromatic heterocycles. The van der Waals surface area contributed by atoms with E-state index >= 15 is 0 Å². The Bertz CT molecular complexity index is 345. The van der Waals surface area contributed by atoms with Crippen LogP contribution < -0.4 is 0 Å². The summed E-state index contributed by atoms with van der Waals surface area (Å²) < 4.78 is 19.6. The molecule has 2 saturated heterocycles. The van der Waals surface area contributed by atoms with E-state index in [1.165, 1.54) is 0 Å². The van der Waals surface area contributed by atoms with Crippen LogP contribution >= 0.6 is 0 Å². The molecule has 2 aliphatic heterocycles. The monoisotopic (exact) mass is 286 g/mol. The van der Waals surface area contributed by atoms with Crippen molar-refractivity contribution in [3.8, 4) is 0 Å². The second-order valence-electron chi connectivity index (χ2n) is 4.79. The van der Waals surface area contributed by atoms with Crippen molar-refractivity contribution in [2.75, 3.05) is 13.2 Å². The first-order valence-corrected chi connectivity index (χ1v) is 6.87. The number of ether oxygens (including phenoxy) is 4. The summed E-state index contributed by atoms with van der Waals surface area (Å²) in [6.45, 7) is 0.672. The van der Waals surface area contributed by atoms with E-state index in [-0.39, 0.29) is 0 Å². The molecule has 2 unspecified atom stereocenters. The molecule has 2 fully saturated rings. The zero-order chi connectivity index (χ0) is 14.4. The second kappa shape index (κ2) is 7.12. The summed E-state index contributed by atoms with van der Waals surface area (Å²) in [5, 5.41) is 0. The molecule has 7 nitrogen and oxygen atoms in total. The van der Waals surface area contributed by atoms with Gasteiger partial charge in [-0.3, -0.25) is 0 Å². The minimum Gasteiger partial charge on any atom is -0.463 e. The molecule has 0 radical (unpaired) electrons. The standard InChI is InChI=1S/C13H18O7/c14-11-9(5-1-3-7-17-11)19-13(16)20-10-6-2-4-8-18-12(10)15/h9-10H,1-8H2. The summed E-state index contributed by atoms with van der Waals surface area (Å²) in [7, 11) is 0. The Hall–Kier alpha value is -1.79. The average molecular weight is 286 g/mol. The van der Waals surface area contributed by atoms with Crippen molar-refractivity contribution in [1.82, 2.24) is 0 Å². The summed E-state index contributed by atoms with van der Waals surface area (Å²) >= 11 is 0. The van der Waals surface area contributed by atoms with E-state index in [2.05, 4.69) is 0 Å². The molecular weight excluding hydrogens is 268 g/mol.